The number of hydrogen-bond acceptors (Lipinski definition) is 3. The minimum atomic E-state index is -0.498. The third kappa shape index (κ3) is 3.02. The van der Waals surface area contributed by atoms with Crippen molar-refractivity contribution in [3.63, 3.8) is 0 Å². The van der Waals surface area contributed by atoms with Crippen LogP contribution in [-0.4, -0.2) is 16.7 Å². The highest BCUT2D eigenvalue weighted by Gasteiger charge is 2.22. The van der Waals surface area contributed by atoms with Crippen molar-refractivity contribution >= 4 is 27.7 Å². The smallest absolute Gasteiger partial charge is 0.412 e. The molecule has 1 aliphatic rings. The van der Waals surface area contributed by atoms with E-state index in [-0.39, 0.29) is 0 Å². The number of rotatable bonds is 1. The van der Waals surface area contributed by atoms with Crippen LogP contribution in [0.5, 0.6) is 0 Å². The van der Waals surface area contributed by atoms with Crippen LogP contribution >= 0.6 is 15.9 Å². The molecular formula is C13H17BrN2O2. The van der Waals surface area contributed by atoms with E-state index in [1.807, 2.05) is 27.0 Å². The summed E-state index contributed by atoms with van der Waals surface area (Å²) in [6.45, 7) is 5.53. The predicted octanol–water partition coefficient (Wildman–Crippen LogP) is 3.68. The number of fused-ring (bicyclic) bond motifs is 1. The Morgan fingerprint density at radius 1 is 1.44 bits per heavy atom. The molecule has 0 aromatic carbocycles. The number of nitrogens with one attached hydrogen (secondary N) is 1. The summed E-state index contributed by atoms with van der Waals surface area (Å²) >= 11 is 3.38. The summed E-state index contributed by atoms with van der Waals surface area (Å²) in [6, 6.07) is 0. The third-order valence-electron chi connectivity index (χ3n) is 2.73. The molecule has 4 nitrogen and oxygen atoms in total. The minimum absolute atomic E-state index is 0.440. The zero-order valence-electron chi connectivity index (χ0n) is 10.8. The summed E-state index contributed by atoms with van der Waals surface area (Å²) in [7, 11) is 0. The van der Waals surface area contributed by atoms with Crippen molar-refractivity contribution in [3.05, 3.63) is 21.9 Å². The average molecular weight is 313 g/mol. The monoisotopic (exact) mass is 312 g/mol. The zero-order chi connectivity index (χ0) is 13.3. The SMILES string of the molecule is CC(C)(C)OC(=O)Nc1c(Br)ncc2c1CCC2. The topological polar surface area (TPSA) is 51.2 Å². The molecule has 0 aliphatic heterocycles. The molecule has 0 spiro atoms. The van der Waals surface area contributed by atoms with E-state index in [1.165, 1.54) is 11.1 Å². The second-order valence-corrected chi connectivity index (χ2v) is 6.16. The molecule has 1 N–H and O–H groups in total. The molecular weight excluding hydrogens is 296 g/mol. The van der Waals surface area contributed by atoms with Gasteiger partial charge in [0.05, 0.1) is 5.69 Å². The van der Waals surface area contributed by atoms with Gasteiger partial charge in [-0.15, -0.1) is 0 Å². The normalized spacial score (nSPS) is 14.2. The van der Waals surface area contributed by atoms with E-state index in [2.05, 4.69) is 26.2 Å². The van der Waals surface area contributed by atoms with Gasteiger partial charge in [-0.25, -0.2) is 9.78 Å². The highest BCUT2D eigenvalue weighted by molar-refractivity contribution is 9.10. The number of aromatic nitrogens is 1. The Kier molecular flexibility index (Phi) is 3.61. The van der Waals surface area contributed by atoms with Crippen LogP contribution in [0, 0.1) is 0 Å². The third-order valence-corrected chi connectivity index (χ3v) is 3.33. The molecule has 0 bridgehead atoms. The summed E-state index contributed by atoms with van der Waals surface area (Å²) in [5.74, 6) is 0. The first-order valence-corrected chi connectivity index (χ1v) is 6.82. The highest BCUT2D eigenvalue weighted by Crippen LogP contribution is 2.33. The maximum absolute atomic E-state index is 11.8. The Hall–Kier alpha value is -1.10. The molecule has 0 unspecified atom stereocenters. The lowest BCUT2D eigenvalue weighted by molar-refractivity contribution is 0.0635. The first-order chi connectivity index (χ1) is 8.37. The van der Waals surface area contributed by atoms with Gasteiger partial charge in [-0.05, 0) is 67.1 Å². The van der Waals surface area contributed by atoms with Gasteiger partial charge in [0, 0.05) is 6.20 Å². The van der Waals surface area contributed by atoms with E-state index in [9.17, 15) is 4.79 Å². The average Bonchev–Trinajstić information content (AvgIpc) is 2.67. The molecule has 1 amide bonds. The molecule has 98 valence electrons. The molecule has 1 aromatic rings. The lowest BCUT2D eigenvalue weighted by atomic mass is 10.1. The number of pyridine rings is 1. The second-order valence-electron chi connectivity index (χ2n) is 5.41. The Bertz CT molecular complexity index is 481. The number of amides is 1. The summed E-state index contributed by atoms with van der Waals surface area (Å²) in [5.41, 5.74) is 2.63. The second kappa shape index (κ2) is 4.88. The van der Waals surface area contributed by atoms with Crippen molar-refractivity contribution in [1.82, 2.24) is 4.98 Å². The molecule has 0 saturated carbocycles. The minimum Gasteiger partial charge on any atom is -0.444 e. The standard InChI is InChI=1S/C13H17BrN2O2/c1-13(2,3)18-12(17)16-10-9-6-4-5-8(9)7-15-11(10)14/h7H,4-6H2,1-3H3,(H,16,17). The van der Waals surface area contributed by atoms with Gasteiger partial charge in [0.2, 0.25) is 0 Å². The summed E-state index contributed by atoms with van der Waals surface area (Å²) in [5, 5.41) is 2.80. The predicted molar refractivity (Wildman–Crippen MR) is 73.8 cm³/mol. The number of nitrogens with zero attached hydrogens (tertiary/aromatic N) is 1. The maximum atomic E-state index is 11.8. The molecule has 1 heterocycles. The van der Waals surface area contributed by atoms with Crippen molar-refractivity contribution in [2.24, 2.45) is 0 Å². The number of anilines is 1. The molecule has 18 heavy (non-hydrogen) atoms. The zero-order valence-corrected chi connectivity index (χ0v) is 12.4. The molecule has 0 fully saturated rings. The van der Waals surface area contributed by atoms with Gasteiger partial charge in [0.1, 0.15) is 10.2 Å². The van der Waals surface area contributed by atoms with Crippen molar-refractivity contribution in [2.45, 2.75) is 45.6 Å². The highest BCUT2D eigenvalue weighted by atomic mass is 79.9. The summed E-state index contributed by atoms with van der Waals surface area (Å²) in [6.07, 6.45) is 4.54. The number of aryl methyl sites for hydroxylation is 1. The van der Waals surface area contributed by atoms with E-state index in [0.29, 0.717) is 4.60 Å². The van der Waals surface area contributed by atoms with Crippen LogP contribution in [0.4, 0.5) is 10.5 Å². The largest absolute Gasteiger partial charge is 0.444 e. The van der Waals surface area contributed by atoms with Gasteiger partial charge in [-0.1, -0.05) is 0 Å². The molecule has 1 aromatic heterocycles. The van der Waals surface area contributed by atoms with Crippen LogP contribution in [-0.2, 0) is 17.6 Å². The van der Waals surface area contributed by atoms with Crippen LogP contribution in [0.25, 0.3) is 0 Å². The first kappa shape index (κ1) is 13.3. The van der Waals surface area contributed by atoms with Crippen LogP contribution < -0.4 is 5.32 Å². The van der Waals surface area contributed by atoms with Crippen LogP contribution in [0.15, 0.2) is 10.8 Å². The Labute approximate surface area is 115 Å². The van der Waals surface area contributed by atoms with E-state index in [1.54, 1.807) is 0 Å². The lowest BCUT2D eigenvalue weighted by Gasteiger charge is -2.20. The fraction of sp³-hybridized carbons (Fsp3) is 0.538. The van der Waals surface area contributed by atoms with Crippen LogP contribution in [0.1, 0.15) is 38.3 Å². The van der Waals surface area contributed by atoms with Crippen molar-refractivity contribution in [2.75, 3.05) is 5.32 Å². The Balaban J connectivity index is 2.19. The van der Waals surface area contributed by atoms with Gasteiger partial charge in [0.15, 0.2) is 0 Å². The Morgan fingerprint density at radius 3 is 2.83 bits per heavy atom. The van der Waals surface area contributed by atoms with E-state index in [0.717, 1.165) is 24.9 Å². The van der Waals surface area contributed by atoms with Gasteiger partial charge < -0.3 is 4.74 Å². The lowest BCUT2D eigenvalue weighted by Crippen LogP contribution is -2.27. The van der Waals surface area contributed by atoms with Gasteiger partial charge in [-0.3, -0.25) is 5.32 Å². The first-order valence-electron chi connectivity index (χ1n) is 6.03. The van der Waals surface area contributed by atoms with Crippen molar-refractivity contribution in [1.29, 1.82) is 0 Å². The fourth-order valence-corrected chi connectivity index (χ4v) is 2.49. The molecule has 0 radical (unpaired) electrons. The number of halogens is 1. The molecule has 1 aliphatic carbocycles. The number of carbonyl (C=O) groups is 1. The van der Waals surface area contributed by atoms with Gasteiger partial charge in [-0.2, -0.15) is 0 Å². The summed E-state index contributed by atoms with van der Waals surface area (Å²) in [4.78, 5) is 16.0. The molecule has 5 heteroatoms. The van der Waals surface area contributed by atoms with Crippen molar-refractivity contribution < 1.29 is 9.53 Å². The van der Waals surface area contributed by atoms with Crippen LogP contribution in [0.2, 0.25) is 0 Å². The van der Waals surface area contributed by atoms with Crippen LogP contribution in [0.3, 0.4) is 0 Å². The molecule has 2 rings (SSSR count). The maximum Gasteiger partial charge on any atom is 0.412 e. The Morgan fingerprint density at radius 2 is 2.17 bits per heavy atom. The quantitative estimate of drug-likeness (QED) is 0.805. The number of hydrogen-bond donors (Lipinski definition) is 1. The van der Waals surface area contributed by atoms with Gasteiger partial charge in [0.25, 0.3) is 0 Å². The van der Waals surface area contributed by atoms with E-state index >= 15 is 0 Å². The fourth-order valence-electron chi connectivity index (χ4n) is 2.05. The molecule has 0 atom stereocenters. The number of ether oxygens (including phenoxy) is 1. The van der Waals surface area contributed by atoms with Crippen molar-refractivity contribution in [3.8, 4) is 0 Å². The molecule has 0 saturated heterocycles. The summed E-state index contributed by atoms with van der Waals surface area (Å²) < 4.78 is 5.92. The van der Waals surface area contributed by atoms with E-state index in [4.69, 9.17) is 4.74 Å². The van der Waals surface area contributed by atoms with Gasteiger partial charge >= 0.3 is 6.09 Å². The number of carbonyl (C=O) groups excluding carboxylic acids is 1. The van der Waals surface area contributed by atoms with E-state index < -0.39 is 11.7 Å².